The first kappa shape index (κ1) is 14.3. The number of anilines is 1. The van der Waals surface area contributed by atoms with Crippen LogP contribution in [0.4, 0.5) is 5.69 Å². The van der Waals surface area contributed by atoms with E-state index in [2.05, 4.69) is 30.7 Å². The Labute approximate surface area is 129 Å². The van der Waals surface area contributed by atoms with E-state index in [0.717, 1.165) is 0 Å². The Morgan fingerprint density at radius 3 is 3.14 bits per heavy atom. The molecule has 0 bridgehead atoms. The first-order valence-electron chi connectivity index (χ1n) is 6.53. The van der Waals surface area contributed by atoms with Crippen LogP contribution in [0.3, 0.4) is 0 Å². The first-order valence-corrected chi connectivity index (χ1v) is 6.91. The van der Waals surface area contributed by atoms with Crippen molar-refractivity contribution in [3.63, 3.8) is 0 Å². The molecule has 0 aliphatic carbocycles. The van der Waals surface area contributed by atoms with E-state index in [9.17, 15) is 4.79 Å². The van der Waals surface area contributed by atoms with Crippen LogP contribution in [0.1, 0.15) is 6.42 Å². The molecule has 1 saturated heterocycles. The van der Waals surface area contributed by atoms with Gasteiger partial charge in [-0.2, -0.15) is 5.21 Å². The molecule has 1 aromatic heterocycles. The summed E-state index contributed by atoms with van der Waals surface area (Å²) in [6, 6.07) is 5.15. The maximum absolute atomic E-state index is 12.3. The average Bonchev–Trinajstić information content (AvgIpc) is 3.14. The fourth-order valence-electron chi connectivity index (χ4n) is 2.48. The Hall–Kier alpha value is -2.64. The van der Waals surface area contributed by atoms with Crippen molar-refractivity contribution in [1.29, 1.82) is 0 Å². The number of hydrogen-bond donors (Lipinski definition) is 1. The normalized spacial score (nSPS) is 17.6. The van der Waals surface area contributed by atoms with Crippen LogP contribution in [0.15, 0.2) is 23.3 Å². The van der Waals surface area contributed by atoms with E-state index in [1.807, 2.05) is 0 Å². The van der Waals surface area contributed by atoms with E-state index in [-0.39, 0.29) is 18.4 Å². The average molecular weight is 319 g/mol. The van der Waals surface area contributed by atoms with Crippen molar-refractivity contribution in [3.8, 4) is 11.4 Å². The van der Waals surface area contributed by atoms with Gasteiger partial charge in [0.05, 0.1) is 5.69 Å². The molecule has 2 heterocycles. The van der Waals surface area contributed by atoms with Gasteiger partial charge in [0.2, 0.25) is 11.7 Å². The summed E-state index contributed by atoms with van der Waals surface area (Å²) in [6.07, 6.45) is 0.331. The number of azide groups is 1. The van der Waals surface area contributed by atoms with Crippen molar-refractivity contribution in [2.75, 3.05) is 18.0 Å². The molecule has 1 amide bonds. The molecule has 3 rings (SSSR count). The minimum Gasteiger partial charge on any atom is -0.311 e. The highest BCUT2D eigenvalue weighted by Gasteiger charge is 2.32. The zero-order valence-corrected chi connectivity index (χ0v) is 12.1. The molecular formula is C12H11ClN8O. The number of nitrogens with one attached hydrogen (secondary N) is 1. The van der Waals surface area contributed by atoms with Gasteiger partial charge in [-0.3, -0.25) is 4.79 Å². The van der Waals surface area contributed by atoms with Gasteiger partial charge in [-0.15, -0.1) is 10.2 Å². The number of carbonyl (C=O) groups is 1. The molecule has 10 heteroatoms. The van der Waals surface area contributed by atoms with Crippen molar-refractivity contribution in [3.05, 3.63) is 33.7 Å². The Morgan fingerprint density at radius 2 is 2.41 bits per heavy atom. The lowest BCUT2D eigenvalue weighted by molar-refractivity contribution is -0.117. The Morgan fingerprint density at radius 1 is 1.55 bits per heavy atom. The summed E-state index contributed by atoms with van der Waals surface area (Å²) in [5.74, 6) is 0.323. The van der Waals surface area contributed by atoms with Gasteiger partial charge in [0, 0.05) is 35.0 Å². The zero-order valence-electron chi connectivity index (χ0n) is 11.3. The van der Waals surface area contributed by atoms with Crippen LogP contribution in [-0.4, -0.2) is 39.6 Å². The van der Waals surface area contributed by atoms with Crippen LogP contribution >= 0.6 is 11.6 Å². The molecule has 1 aliphatic heterocycles. The molecule has 1 N–H and O–H groups in total. The van der Waals surface area contributed by atoms with Gasteiger partial charge in [0.1, 0.15) is 0 Å². The third kappa shape index (κ3) is 2.72. The number of benzene rings is 1. The number of aromatic nitrogens is 4. The molecular weight excluding hydrogens is 308 g/mol. The van der Waals surface area contributed by atoms with Gasteiger partial charge in [0.15, 0.2) is 0 Å². The number of tetrazole rings is 1. The van der Waals surface area contributed by atoms with Crippen LogP contribution < -0.4 is 4.90 Å². The largest absolute Gasteiger partial charge is 0.311 e. The molecule has 2 aromatic rings. The number of halogens is 1. The number of H-pyrrole nitrogens is 1. The summed E-state index contributed by atoms with van der Waals surface area (Å²) in [5, 5.41) is 17.9. The van der Waals surface area contributed by atoms with E-state index in [0.29, 0.717) is 35.1 Å². The molecule has 1 unspecified atom stereocenters. The highest BCUT2D eigenvalue weighted by molar-refractivity contribution is 6.31. The van der Waals surface area contributed by atoms with Gasteiger partial charge < -0.3 is 4.90 Å². The van der Waals surface area contributed by atoms with Crippen molar-refractivity contribution in [1.82, 2.24) is 20.6 Å². The molecule has 9 nitrogen and oxygen atoms in total. The summed E-state index contributed by atoms with van der Waals surface area (Å²) < 4.78 is 0. The number of carbonyl (C=O) groups excluding carboxylic acids is 1. The first-order chi connectivity index (χ1) is 10.7. The SMILES string of the molecule is [N-]=[N+]=NCC1CC(=O)N(c2cc(Cl)ccc2-c2nn[nH]n2)C1. The van der Waals surface area contributed by atoms with Crippen molar-refractivity contribution >= 4 is 23.2 Å². The molecule has 1 aliphatic rings. The lowest BCUT2D eigenvalue weighted by Crippen LogP contribution is -2.25. The van der Waals surface area contributed by atoms with E-state index >= 15 is 0 Å². The number of rotatable bonds is 4. The number of amides is 1. The summed E-state index contributed by atoms with van der Waals surface area (Å²) in [4.78, 5) is 16.6. The number of hydrogen-bond acceptors (Lipinski definition) is 5. The van der Waals surface area contributed by atoms with Gasteiger partial charge in [-0.05, 0) is 34.9 Å². The molecule has 1 atom stereocenters. The van der Waals surface area contributed by atoms with Crippen LogP contribution in [0.5, 0.6) is 0 Å². The fraction of sp³-hybridized carbons (Fsp3) is 0.333. The third-order valence-corrected chi connectivity index (χ3v) is 3.68. The van der Waals surface area contributed by atoms with Gasteiger partial charge >= 0.3 is 0 Å². The zero-order chi connectivity index (χ0) is 15.5. The highest BCUT2D eigenvalue weighted by atomic mass is 35.5. The summed E-state index contributed by atoms with van der Waals surface area (Å²) in [5.41, 5.74) is 9.69. The monoisotopic (exact) mass is 318 g/mol. The topological polar surface area (TPSA) is 124 Å². The van der Waals surface area contributed by atoms with Gasteiger partial charge in [-0.1, -0.05) is 16.7 Å². The number of aromatic amines is 1. The van der Waals surface area contributed by atoms with E-state index in [1.54, 1.807) is 23.1 Å². The quantitative estimate of drug-likeness (QED) is 0.527. The van der Waals surface area contributed by atoms with Crippen LogP contribution in [0.2, 0.25) is 5.02 Å². The third-order valence-electron chi connectivity index (χ3n) is 3.45. The maximum Gasteiger partial charge on any atom is 0.227 e. The summed E-state index contributed by atoms with van der Waals surface area (Å²) in [6.45, 7) is 0.750. The Balaban J connectivity index is 1.96. The smallest absolute Gasteiger partial charge is 0.227 e. The molecule has 1 fully saturated rings. The molecule has 112 valence electrons. The minimum absolute atomic E-state index is 0.0134. The Bertz CT molecular complexity index is 740. The van der Waals surface area contributed by atoms with E-state index in [1.165, 1.54) is 0 Å². The van der Waals surface area contributed by atoms with Crippen molar-refractivity contribution in [2.24, 2.45) is 11.0 Å². The lowest BCUT2D eigenvalue weighted by atomic mass is 10.1. The molecule has 0 saturated carbocycles. The Kier molecular flexibility index (Phi) is 3.90. The van der Waals surface area contributed by atoms with Crippen LogP contribution in [0, 0.1) is 5.92 Å². The second-order valence-corrected chi connectivity index (χ2v) is 5.32. The summed E-state index contributed by atoms with van der Waals surface area (Å²) >= 11 is 6.06. The maximum atomic E-state index is 12.3. The minimum atomic E-state index is -0.0508. The highest BCUT2D eigenvalue weighted by Crippen LogP contribution is 2.34. The fourth-order valence-corrected chi connectivity index (χ4v) is 2.65. The predicted molar refractivity (Wildman–Crippen MR) is 79.1 cm³/mol. The molecule has 0 radical (unpaired) electrons. The van der Waals surface area contributed by atoms with E-state index < -0.39 is 0 Å². The van der Waals surface area contributed by atoms with Crippen LogP contribution in [-0.2, 0) is 4.79 Å². The lowest BCUT2D eigenvalue weighted by Gasteiger charge is -2.19. The molecule has 1 aromatic carbocycles. The van der Waals surface area contributed by atoms with Crippen LogP contribution in [0.25, 0.3) is 21.8 Å². The van der Waals surface area contributed by atoms with Crippen molar-refractivity contribution in [2.45, 2.75) is 6.42 Å². The van der Waals surface area contributed by atoms with Crippen molar-refractivity contribution < 1.29 is 4.79 Å². The predicted octanol–water partition coefficient (Wildman–Crippen LogP) is 2.18. The second-order valence-electron chi connectivity index (χ2n) is 4.88. The molecule has 22 heavy (non-hydrogen) atoms. The summed E-state index contributed by atoms with van der Waals surface area (Å²) in [7, 11) is 0. The second kappa shape index (κ2) is 6.00. The number of nitrogens with zero attached hydrogens (tertiary/aromatic N) is 7. The standard InChI is InChI=1S/C12H11ClN8O/c13-8-1-2-9(12-16-19-20-17-12)10(4-8)21-6-7(3-11(21)22)5-15-18-14/h1-2,4,7H,3,5-6H2,(H,16,17,19,20). The van der Waals surface area contributed by atoms with E-state index in [4.69, 9.17) is 17.1 Å². The van der Waals surface area contributed by atoms with Gasteiger partial charge in [0.25, 0.3) is 0 Å². The van der Waals surface area contributed by atoms with Gasteiger partial charge in [-0.25, -0.2) is 0 Å². The molecule has 0 spiro atoms.